The Kier molecular flexibility index (Phi) is 4.03. The molecule has 0 N–H and O–H groups in total. The van der Waals surface area contributed by atoms with Crippen LogP contribution in [0.15, 0.2) is 36.4 Å². The third-order valence-electron chi connectivity index (χ3n) is 3.76. The lowest BCUT2D eigenvalue weighted by atomic mass is 9.98. The van der Waals surface area contributed by atoms with Crippen LogP contribution in [0.3, 0.4) is 0 Å². The van der Waals surface area contributed by atoms with E-state index in [2.05, 4.69) is 0 Å². The molecule has 0 unspecified atom stereocenters. The molecule has 0 fully saturated rings. The zero-order chi connectivity index (χ0) is 15.7. The van der Waals surface area contributed by atoms with Crippen molar-refractivity contribution in [2.24, 2.45) is 0 Å². The maximum Gasteiger partial charge on any atom is 0.254 e. The first-order valence-electron chi connectivity index (χ1n) is 7.00. The van der Waals surface area contributed by atoms with Gasteiger partial charge in [0.25, 0.3) is 5.91 Å². The Balaban J connectivity index is 1.86. The van der Waals surface area contributed by atoms with Crippen molar-refractivity contribution in [3.8, 4) is 5.75 Å². The standard InChI is InChI=1S/C17H15ClFNO2/c1-20-7-6-14-15(17(20)21)8-13(19)9-16(14)22-10-11-2-4-12(18)5-3-11/h2-5,8-9H,6-7,10H2,1H3. The third kappa shape index (κ3) is 2.92. The summed E-state index contributed by atoms with van der Waals surface area (Å²) in [5.74, 6) is -0.197. The second-order valence-electron chi connectivity index (χ2n) is 5.32. The van der Waals surface area contributed by atoms with E-state index in [4.69, 9.17) is 16.3 Å². The molecule has 0 atom stereocenters. The molecule has 0 aliphatic carbocycles. The molecule has 0 radical (unpaired) electrons. The predicted octanol–water partition coefficient (Wildman–Crippen LogP) is 3.69. The van der Waals surface area contributed by atoms with Gasteiger partial charge >= 0.3 is 0 Å². The number of amides is 1. The number of benzene rings is 2. The van der Waals surface area contributed by atoms with Gasteiger partial charge in [-0.05, 0) is 30.2 Å². The number of carbonyl (C=O) groups excluding carboxylic acids is 1. The maximum atomic E-state index is 13.8. The highest BCUT2D eigenvalue weighted by atomic mass is 35.5. The van der Waals surface area contributed by atoms with Gasteiger partial charge in [0.1, 0.15) is 18.2 Å². The van der Waals surface area contributed by atoms with Gasteiger partial charge in [0, 0.05) is 35.8 Å². The minimum absolute atomic E-state index is 0.169. The minimum atomic E-state index is -0.464. The van der Waals surface area contributed by atoms with Crippen LogP contribution in [0.5, 0.6) is 5.75 Å². The molecule has 2 aromatic carbocycles. The number of fused-ring (bicyclic) bond motifs is 1. The molecular weight excluding hydrogens is 305 g/mol. The van der Waals surface area contributed by atoms with Crippen LogP contribution in [0.4, 0.5) is 4.39 Å². The van der Waals surface area contributed by atoms with Crippen LogP contribution in [-0.4, -0.2) is 24.4 Å². The SMILES string of the molecule is CN1CCc2c(OCc3ccc(Cl)cc3)cc(F)cc2C1=O. The molecule has 0 spiro atoms. The second-order valence-corrected chi connectivity index (χ2v) is 5.76. The van der Waals surface area contributed by atoms with Gasteiger partial charge in [0.05, 0.1) is 0 Å². The van der Waals surface area contributed by atoms with Gasteiger partial charge in [-0.15, -0.1) is 0 Å². The molecule has 22 heavy (non-hydrogen) atoms. The number of halogens is 2. The van der Waals surface area contributed by atoms with Crippen LogP contribution in [0.1, 0.15) is 21.5 Å². The Morgan fingerprint density at radius 2 is 2.00 bits per heavy atom. The predicted molar refractivity (Wildman–Crippen MR) is 82.8 cm³/mol. The van der Waals surface area contributed by atoms with Gasteiger partial charge in [0.15, 0.2) is 0 Å². The molecule has 0 aromatic heterocycles. The van der Waals surface area contributed by atoms with Crippen molar-refractivity contribution in [2.75, 3.05) is 13.6 Å². The molecule has 5 heteroatoms. The summed E-state index contributed by atoms with van der Waals surface area (Å²) in [6.07, 6.45) is 0.661. The van der Waals surface area contributed by atoms with Gasteiger partial charge in [-0.3, -0.25) is 4.79 Å². The smallest absolute Gasteiger partial charge is 0.254 e. The molecular formula is C17H15ClFNO2. The minimum Gasteiger partial charge on any atom is -0.488 e. The highest BCUT2D eigenvalue weighted by molar-refractivity contribution is 6.30. The van der Waals surface area contributed by atoms with Crippen molar-refractivity contribution in [3.63, 3.8) is 0 Å². The first-order chi connectivity index (χ1) is 10.5. The van der Waals surface area contributed by atoms with Crippen LogP contribution in [0.25, 0.3) is 0 Å². The Bertz CT molecular complexity index is 715. The van der Waals surface area contributed by atoms with E-state index in [-0.39, 0.29) is 5.91 Å². The normalized spacial score (nSPS) is 14.0. The summed E-state index contributed by atoms with van der Waals surface area (Å²) < 4.78 is 19.5. The largest absolute Gasteiger partial charge is 0.488 e. The fourth-order valence-corrected chi connectivity index (χ4v) is 2.64. The number of ether oxygens (including phenoxy) is 1. The zero-order valence-electron chi connectivity index (χ0n) is 12.1. The lowest BCUT2D eigenvalue weighted by molar-refractivity contribution is 0.0778. The zero-order valence-corrected chi connectivity index (χ0v) is 12.9. The van der Waals surface area contributed by atoms with Crippen molar-refractivity contribution in [1.29, 1.82) is 0 Å². The average Bonchev–Trinajstić information content (AvgIpc) is 2.50. The van der Waals surface area contributed by atoms with Crippen molar-refractivity contribution in [1.82, 2.24) is 4.90 Å². The summed E-state index contributed by atoms with van der Waals surface area (Å²) in [5, 5.41) is 0.653. The first-order valence-corrected chi connectivity index (χ1v) is 7.37. The van der Waals surface area contributed by atoms with E-state index in [1.807, 2.05) is 12.1 Å². The van der Waals surface area contributed by atoms with Crippen molar-refractivity contribution < 1.29 is 13.9 Å². The number of hydrogen-bond acceptors (Lipinski definition) is 2. The molecule has 0 bridgehead atoms. The molecule has 1 aliphatic heterocycles. The first kappa shape index (κ1) is 14.9. The molecule has 2 aromatic rings. The van der Waals surface area contributed by atoms with Gasteiger partial charge in [0.2, 0.25) is 0 Å². The summed E-state index contributed by atoms with van der Waals surface area (Å²) in [6.45, 7) is 0.909. The van der Waals surface area contributed by atoms with Crippen molar-refractivity contribution in [3.05, 3.63) is 63.9 Å². The van der Waals surface area contributed by atoms with Crippen molar-refractivity contribution in [2.45, 2.75) is 13.0 Å². The van der Waals surface area contributed by atoms with Gasteiger partial charge in [-0.2, -0.15) is 0 Å². The number of nitrogens with zero attached hydrogens (tertiary/aromatic N) is 1. The lowest BCUT2D eigenvalue weighted by Gasteiger charge is -2.26. The molecule has 3 rings (SSSR count). The summed E-state index contributed by atoms with van der Waals surface area (Å²) in [6, 6.07) is 9.88. The molecule has 0 saturated heterocycles. The molecule has 0 saturated carbocycles. The van der Waals surface area contributed by atoms with Crippen LogP contribution < -0.4 is 4.74 Å². The molecule has 1 aliphatic rings. The molecule has 114 valence electrons. The van der Waals surface area contributed by atoms with E-state index in [9.17, 15) is 9.18 Å². The fourth-order valence-electron chi connectivity index (χ4n) is 2.52. The van der Waals surface area contributed by atoms with E-state index < -0.39 is 5.82 Å². The summed E-state index contributed by atoms with van der Waals surface area (Å²) in [5.41, 5.74) is 2.10. The molecule has 1 amide bonds. The number of rotatable bonds is 3. The number of hydrogen-bond donors (Lipinski definition) is 0. The quantitative estimate of drug-likeness (QED) is 0.863. The van der Waals surface area contributed by atoms with Crippen LogP contribution in [0, 0.1) is 5.82 Å². The maximum absolute atomic E-state index is 13.8. The number of carbonyl (C=O) groups is 1. The monoisotopic (exact) mass is 319 g/mol. The van der Waals surface area contributed by atoms with E-state index in [1.165, 1.54) is 12.1 Å². The van der Waals surface area contributed by atoms with E-state index in [1.54, 1.807) is 24.1 Å². The second kappa shape index (κ2) is 5.97. The Morgan fingerprint density at radius 1 is 1.27 bits per heavy atom. The topological polar surface area (TPSA) is 29.5 Å². The van der Waals surface area contributed by atoms with Crippen LogP contribution >= 0.6 is 11.6 Å². The lowest BCUT2D eigenvalue weighted by Crippen LogP contribution is -2.34. The summed E-state index contributed by atoms with van der Waals surface area (Å²) in [4.78, 5) is 13.7. The van der Waals surface area contributed by atoms with E-state index in [0.717, 1.165) is 11.1 Å². The molecule has 1 heterocycles. The van der Waals surface area contributed by atoms with E-state index in [0.29, 0.717) is 35.9 Å². The van der Waals surface area contributed by atoms with Crippen LogP contribution in [0.2, 0.25) is 5.02 Å². The van der Waals surface area contributed by atoms with Gasteiger partial charge in [-0.1, -0.05) is 23.7 Å². The Morgan fingerprint density at radius 3 is 2.73 bits per heavy atom. The summed E-state index contributed by atoms with van der Waals surface area (Å²) >= 11 is 5.84. The Labute approximate surface area is 133 Å². The highest BCUT2D eigenvalue weighted by Crippen LogP contribution is 2.29. The molecule has 3 nitrogen and oxygen atoms in total. The summed E-state index contributed by atoms with van der Waals surface area (Å²) in [7, 11) is 1.71. The van der Waals surface area contributed by atoms with Gasteiger partial charge in [-0.25, -0.2) is 4.39 Å². The average molecular weight is 320 g/mol. The van der Waals surface area contributed by atoms with Crippen LogP contribution in [-0.2, 0) is 13.0 Å². The fraction of sp³-hybridized carbons (Fsp3) is 0.235. The van der Waals surface area contributed by atoms with Gasteiger partial charge < -0.3 is 9.64 Å². The van der Waals surface area contributed by atoms with E-state index >= 15 is 0 Å². The van der Waals surface area contributed by atoms with Crippen molar-refractivity contribution >= 4 is 17.5 Å². The number of likely N-dealkylation sites (N-methyl/N-ethyl adjacent to an activating group) is 1. The highest BCUT2D eigenvalue weighted by Gasteiger charge is 2.25. The third-order valence-corrected chi connectivity index (χ3v) is 4.01. The Hall–Kier alpha value is -2.07.